The monoisotopic (exact) mass is 532 g/mol. The molecule has 6 rings (SSSR count). The Balaban J connectivity index is 1.00. The number of piperidine rings is 1. The van der Waals surface area contributed by atoms with Crippen LogP contribution in [0.3, 0.4) is 0 Å². The van der Waals surface area contributed by atoms with Crippen molar-refractivity contribution in [3.63, 3.8) is 0 Å². The molecule has 39 heavy (non-hydrogen) atoms. The second kappa shape index (κ2) is 11.5. The van der Waals surface area contributed by atoms with E-state index in [1.807, 2.05) is 21.9 Å². The van der Waals surface area contributed by atoms with Gasteiger partial charge in [0.2, 0.25) is 11.9 Å². The molecule has 206 valence electrons. The maximum atomic E-state index is 12.9. The lowest BCUT2D eigenvalue weighted by molar-refractivity contribution is -0.128. The van der Waals surface area contributed by atoms with Crippen LogP contribution < -0.4 is 20.3 Å². The summed E-state index contributed by atoms with van der Waals surface area (Å²) in [6.07, 6.45) is 9.03. The number of aliphatic imine (C=N–C) groups is 1. The average molecular weight is 533 g/mol. The molecule has 5 heterocycles. The molecule has 3 fully saturated rings. The minimum atomic E-state index is -0.115. The molecule has 11 heteroatoms. The number of hydrogen-bond donors (Lipinski definition) is 2. The fourth-order valence-electron chi connectivity index (χ4n) is 5.87. The highest BCUT2D eigenvalue weighted by molar-refractivity contribution is 6.08. The van der Waals surface area contributed by atoms with Gasteiger partial charge < -0.3 is 30.1 Å². The van der Waals surface area contributed by atoms with E-state index in [2.05, 4.69) is 31.6 Å². The van der Waals surface area contributed by atoms with Crippen molar-refractivity contribution >= 4 is 35.0 Å². The zero-order chi connectivity index (χ0) is 26.6. The summed E-state index contributed by atoms with van der Waals surface area (Å²) in [6.45, 7) is 5.78. The van der Waals surface area contributed by atoms with Gasteiger partial charge in [0.05, 0.1) is 24.6 Å². The molecule has 0 unspecified atom stereocenters. The molecule has 0 atom stereocenters. The molecule has 0 bridgehead atoms. The van der Waals surface area contributed by atoms with Crippen LogP contribution in [0.4, 0.5) is 22.1 Å². The topological polar surface area (TPSA) is 115 Å². The van der Waals surface area contributed by atoms with Crippen LogP contribution >= 0.6 is 0 Å². The number of urea groups is 1. The van der Waals surface area contributed by atoms with Gasteiger partial charge in [-0.15, -0.1) is 0 Å². The Hall–Kier alpha value is -3.89. The maximum absolute atomic E-state index is 12.9. The molecule has 0 spiro atoms. The third kappa shape index (κ3) is 5.76. The van der Waals surface area contributed by atoms with Crippen molar-refractivity contribution < 1.29 is 14.3 Å². The van der Waals surface area contributed by atoms with Crippen molar-refractivity contribution in [2.75, 3.05) is 68.1 Å². The quantitative estimate of drug-likeness (QED) is 0.563. The summed E-state index contributed by atoms with van der Waals surface area (Å²) in [5.41, 5.74) is 3.84. The molecule has 0 radical (unpaired) electrons. The summed E-state index contributed by atoms with van der Waals surface area (Å²) in [4.78, 5) is 44.3. The van der Waals surface area contributed by atoms with Crippen molar-refractivity contribution in [2.24, 2.45) is 10.9 Å². The van der Waals surface area contributed by atoms with Crippen LogP contribution in [-0.2, 0) is 4.79 Å². The molecule has 2 N–H and O–H groups in total. The van der Waals surface area contributed by atoms with Gasteiger partial charge >= 0.3 is 6.03 Å². The first kappa shape index (κ1) is 25.4. The van der Waals surface area contributed by atoms with Gasteiger partial charge in [-0.2, -0.15) is 0 Å². The van der Waals surface area contributed by atoms with Crippen molar-refractivity contribution in [1.82, 2.24) is 19.8 Å². The molecular formula is C28H36N8O3. The number of rotatable bonds is 7. The first-order valence-corrected chi connectivity index (χ1v) is 14.1. The van der Waals surface area contributed by atoms with Crippen molar-refractivity contribution in [2.45, 2.75) is 38.5 Å². The van der Waals surface area contributed by atoms with Crippen LogP contribution in [0.15, 0.2) is 35.6 Å². The molecule has 1 aromatic carbocycles. The second-order valence-electron chi connectivity index (χ2n) is 10.6. The number of fused-ring (bicyclic) bond motifs is 1. The second-order valence-corrected chi connectivity index (χ2v) is 10.6. The molecular weight excluding hydrogens is 496 g/mol. The fourth-order valence-corrected chi connectivity index (χ4v) is 5.87. The Morgan fingerprint density at radius 3 is 2.59 bits per heavy atom. The van der Waals surface area contributed by atoms with Crippen LogP contribution in [0.5, 0.6) is 5.75 Å². The van der Waals surface area contributed by atoms with Crippen molar-refractivity contribution in [3.05, 3.63) is 36.2 Å². The number of carbonyl (C=O) groups is 2. The van der Waals surface area contributed by atoms with Gasteiger partial charge in [0.15, 0.2) is 0 Å². The van der Waals surface area contributed by atoms with E-state index in [9.17, 15) is 9.59 Å². The van der Waals surface area contributed by atoms with Crippen LogP contribution in [0, 0.1) is 5.92 Å². The predicted molar refractivity (Wildman–Crippen MR) is 150 cm³/mol. The predicted octanol–water partition coefficient (Wildman–Crippen LogP) is 3.19. The third-order valence-corrected chi connectivity index (χ3v) is 8.03. The summed E-state index contributed by atoms with van der Waals surface area (Å²) >= 11 is 0. The fraction of sp³-hybridized carbons (Fsp3) is 0.536. The number of anilines is 3. The number of nitrogens with one attached hydrogen (secondary N) is 2. The molecule has 1 aromatic heterocycles. The molecule has 4 aliphatic heterocycles. The van der Waals surface area contributed by atoms with Crippen LogP contribution in [-0.4, -0.2) is 90.0 Å². The molecule has 0 saturated carbocycles. The Morgan fingerprint density at radius 1 is 1.05 bits per heavy atom. The number of aromatic nitrogens is 2. The van der Waals surface area contributed by atoms with E-state index in [1.165, 1.54) is 12.8 Å². The van der Waals surface area contributed by atoms with E-state index in [-0.39, 0.29) is 11.9 Å². The van der Waals surface area contributed by atoms with Gasteiger partial charge in [-0.1, -0.05) is 0 Å². The maximum Gasteiger partial charge on any atom is 0.321 e. The first-order valence-electron chi connectivity index (χ1n) is 14.1. The summed E-state index contributed by atoms with van der Waals surface area (Å²) < 4.78 is 5.95. The number of likely N-dealkylation sites (tertiary alicyclic amines) is 2. The Kier molecular flexibility index (Phi) is 7.46. The molecule has 11 nitrogen and oxygen atoms in total. The number of benzene rings is 1. The smallest absolute Gasteiger partial charge is 0.321 e. The molecule has 3 saturated heterocycles. The van der Waals surface area contributed by atoms with E-state index in [4.69, 9.17) is 9.73 Å². The van der Waals surface area contributed by atoms with Gasteiger partial charge in [0.1, 0.15) is 19.0 Å². The lowest BCUT2D eigenvalue weighted by Gasteiger charge is -2.34. The van der Waals surface area contributed by atoms with Crippen molar-refractivity contribution in [3.8, 4) is 5.75 Å². The van der Waals surface area contributed by atoms with E-state index < -0.39 is 0 Å². The summed E-state index contributed by atoms with van der Waals surface area (Å²) in [5.74, 6) is 2.03. The number of carbonyl (C=O) groups excluding carboxylic acids is 2. The minimum Gasteiger partial charge on any atom is -0.492 e. The molecule has 2 aromatic rings. The normalized spacial score (nSPS) is 19.5. The number of ether oxygens (including phenoxy) is 1. The van der Waals surface area contributed by atoms with E-state index in [0.717, 1.165) is 67.6 Å². The lowest BCUT2D eigenvalue weighted by atomic mass is 9.87. The third-order valence-electron chi connectivity index (χ3n) is 8.03. The zero-order valence-corrected chi connectivity index (χ0v) is 22.3. The number of hydrogen-bond acceptors (Lipinski definition) is 8. The summed E-state index contributed by atoms with van der Waals surface area (Å²) in [5, 5.41) is 6.32. The molecule has 3 amide bonds. The Labute approximate surface area is 228 Å². The number of amides is 3. The van der Waals surface area contributed by atoms with Crippen LogP contribution in [0.25, 0.3) is 0 Å². The number of nitrogens with zero attached hydrogens (tertiary/aromatic N) is 6. The largest absolute Gasteiger partial charge is 0.492 e. The SMILES string of the molecule is O=C1CCCN1CCOc1ccc2c(c1)NCN=C2C1CCN(C(=O)Nc2cnc(N3CCCC3)nc2)CC1. The summed E-state index contributed by atoms with van der Waals surface area (Å²) in [7, 11) is 0. The van der Waals surface area contributed by atoms with Crippen molar-refractivity contribution in [1.29, 1.82) is 0 Å². The highest BCUT2D eigenvalue weighted by atomic mass is 16.5. The standard InChI is InChI=1S/C28H36N8O3/c37-25-4-3-11-34(25)14-15-39-22-5-6-23-24(16-22)31-19-32-26(23)20-7-12-36(13-8-20)28(38)33-21-17-29-27(30-18-21)35-9-1-2-10-35/h5-6,16-18,20,31H,1-4,7-15,19H2,(H,33,38). The van der Waals surface area contributed by atoms with E-state index in [0.29, 0.717) is 50.9 Å². The molecule has 0 aliphatic carbocycles. The van der Waals surface area contributed by atoms with Gasteiger partial charge in [0.25, 0.3) is 0 Å². The van der Waals surface area contributed by atoms with Crippen LogP contribution in [0.2, 0.25) is 0 Å². The lowest BCUT2D eigenvalue weighted by Crippen LogP contribution is -2.43. The first-order chi connectivity index (χ1) is 19.1. The zero-order valence-electron chi connectivity index (χ0n) is 22.3. The summed E-state index contributed by atoms with van der Waals surface area (Å²) in [6, 6.07) is 5.96. The van der Waals surface area contributed by atoms with Gasteiger partial charge in [0, 0.05) is 68.1 Å². The molecule has 4 aliphatic rings. The Bertz CT molecular complexity index is 1220. The van der Waals surface area contributed by atoms with Gasteiger partial charge in [-0.3, -0.25) is 9.79 Å². The van der Waals surface area contributed by atoms with Gasteiger partial charge in [-0.05, 0) is 44.2 Å². The highest BCUT2D eigenvalue weighted by Gasteiger charge is 2.29. The Morgan fingerprint density at radius 2 is 1.85 bits per heavy atom. The minimum absolute atomic E-state index is 0.115. The van der Waals surface area contributed by atoms with Gasteiger partial charge in [-0.25, -0.2) is 14.8 Å². The highest BCUT2D eigenvalue weighted by Crippen LogP contribution is 2.31. The van der Waals surface area contributed by atoms with Crippen LogP contribution in [0.1, 0.15) is 44.1 Å². The van der Waals surface area contributed by atoms with E-state index >= 15 is 0 Å². The van der Waals surface area contributed by atoms with E-state index in [1.54, 1.807) is 12.4 Å². The average Bonchev–Trinajstić information content (AvgIpc) is 3.65.